The third-order valence-corrected chi connectivity index (χ3v) is 2.75. The largest absolute Gasteiger partial charge is 0.492 e. The fourth-order valence-corrected chi connectivity index (χ4v) is 1.74. The highest BCUT2D eigenvalue weighted by atomic mass is 79.9. The first-order valence-corrected chi connectivity index (χ1v) is 6.31. The van der Waals surface area contributed by atoms with Crippen molar-refractivity contribution in [3.05, 3.63) is 28.5 Å². The number of hydrogen-bond acceptors (Lipinski definition) is 3. The zero-order valence-corrected chi connectivity index (χ0v) is 11.4. The van der Waals surface area contributed by atoms with Gasteiger partial charge in [-0.15, -0.1) is 0 Å². The van der Waals surface area contributed by atoms with Crippen molar-refractivity contribution in [1.29, 1.82) is 0 Å². The van der Waals surface area contributed by atoms with Gasteiger partial charge in [-0.2, -0.15) is 0 Å². The summed E-state index contributed by atoms with van der Waals surface area (Å²) in [4.78, 5) is 0. The Balaban J connectivity index is 2.14. The summed E-state index contributed by atoms with van der Waals surface area (Å²) < 4.78 is 23.9. The molecule has 5 heteroatoms. The van der Waals surface area contributed by atoms with Crippen molar-refractivity contribution in [2.75, 3.05) is 33.4 Å². The molecule has 1 N–H and O–H groups in total. The molecule has 0 aliphatic heterocycles. The maximum atomic E-state index is 12.8. The molecular formula is C12H17BrFNO2. The molecule has 0 spiro atoms. The third-order valence-electron chi connectivity index (χ3n) is 2.13. The van der Waals surface area contributed by atoms with Gasteiger partial charge in [0.2, 0.25) is 0 Å². The lowest BCUT2D eigenvalue weighted by atomic mass is 10.3. The third kappa shape index (κ3) is 6.00. The van der Waals surface area contributed by atoms with Crippen LogP contribution in [0.15, 0.2) is 22.7 Å². The van der Waals surface area contributed by atoms with E-state index in [4.69, 9.17) is 9.47 Å². The molecule has 0 aromatic heterocycles. The molecule has 1 aromatic rings. The van der Waals surface area contributed by atoms with Crippen LogP contribution in [0, 0.1) is 5.82 Å². The second-order valence-corrected chi connectivity index (χ2v) is 4.37. The molecule has 96 valence electrons. The summed E-state index contributed by atoms with van der Waals surface area (Å²) >= 11 is 3.25. The molecule has 0 heterocycles. The standard InChI is InChI=1S/C12H17BrFNO2/c1-16-8-6-15-5-2-7-17-12-4-3-10(14)9-11(12)13/h3-4,9,15H,2,5-8H2,1H3. The van der Waals surface area contributed by atoms with Crippen LogP contribution in [-0.4, -0.2) is 33.4 Å². The minimum Gasteiger partial charge on any atom is -0.492 e. The van der Waals surface area contributed by atoms with Gasteiger partial charge in [0.25, 0.3) is 0 Å². The van der Waals surface area contributed by atoms with Crippen LogP contribution in [0.5, 0.6) is 5.75 Å². The summed E-state index contributed by atoms with van der Waals surface area (Å²) in [5, 5.41) is 3.22. The van der Waals surface area contributed by atoms with Crippen LogP contribution in [0.3, 0.4) is 0 Å². The normalized spacial score (nSPS) is 10.5. The molecule has 3 nitrogen and oxygen atoms in total. The maximum absolute atomic E-state index is 12.8. The molecule has 0 saturated carbocycles. The number of halogens is 2. The molecule has 17 heavy (non-hydrogen) atoms. The number of hydrogen-bond donors (Lipinski definition) is 1. The minimum atomic E-state index is -0.273. The zero-order chi connectivity index (χ0) is 12.5. The van der Waals surface area contributed by atoms with Gasteiger partial charge in [0.15, 0.2) is 0 Å². The molecule has 0 aliphatic rings. The van der Waals surface area contributed by atoms with Crippen LogP contribution >= 0.6 is 15.9 Å². The van der Waals surface area contributed by atoms with E-state index in [0.717, 1.165) is 19.5 Å². The molecule has 0 unspecified atom stereocenters. The molecule has 0 radical (unpaired) electrons. The first kappa shape index (κ1) is 14.4. The summed E-state index contributed by atoms with van der Waals surface area (Å²) in [5.74, 6) is 0.397. The summed E-state index contributed by atoms with van der Waals surface area (Å²) in [6.45, 7) is 3.04. The smallest absolute Gasteiger partial charge is 0.133 e. The fourth-order valence-electron chi connectivity index (χ4n) is 1.27. The lowest BCUT2D eigenvalue weighted by Gasteiger charge is -2.08. The van der Waals surface area contributed by atoms with E-state index < -0.39 is 0 Å². The van der Waals surface area contributed by atoms with Crippen LogP contribution in [-0.2, 0) is 4.74 Å². The monoisotopic (exact) mass is 305 g/mol. The SMILES string of the molecule is COCCNCCCOc1ccc(F)cc1Br. The predicted octanol–water partition coefficient (Wildman–Crippen LogP) is 2.59. The van der Waals surface area contributed by atoms with Gasteiger partial charge in [0.1, 0.15) is 11.6 Å². The highest BCUT2D eigenvalue weighted by Crippen LogP contribution is 2.25. The Morgan fingerprint density at radius 1 is 1.29 bits per heavy atom. The van der Waals surface area contributed by atoms with Gasteiger partial charge in [-0.1, -0.05) is 0 Å². The first-order chi connectivity index (χ1) is 8.24. The van der Waals surface area contributed by atoms with Crippen molar-refractivity contribution in [1.82, 2.24) is 5.32 Å². The van der Waals surface area contributed by atoms with Crippen LogP contribution in [0.25, 0.3) is 0 Å². The van der Waals surface area contributed by atoms with Gasteiger partial charge >= 0.3 is 0 Å². The van der Waals surface area contributed by atoms with E-state index in [1.165, 1.54) is 12.1 Å². The van der Waals surface area contributed by atoms with Gasteiger partial charge in [0.05, 0.1) is 17.7 Å². The summed E-state index contributed by atoms with van der Waals surface area (Å²) in [6.07, 6.45) is 0.896. The predicted molar refractivity (Wildman–Crippen MR) is 69.0 cm³/mol. The molecule has 0 bridgehead atoms. The maximum Gasteiger partial charge on any atom is 0.133 e. The van der Waals surface area contributed by atoms with E-state index in [2.05, 4.69) is 21.2 Å². The van der Waals surface area contributed by atoms with E-state index in [1.54, 1.807) is 13.2 Å². The van der Waals surface area contributed by atoms with Crippen molar-refractivity contribution < 1.29 is 13.9 Å². The van der Waals surface area contributed by atoms with Crippen LogP contribution < -0.4 is 10.1 Å². The molecule has 0 fully saturated rings. The second-order valence-electron chi connectivity index (χ2n) is 3.52. The highest BCUT2D eigenvalue weighted by Gasteiger charge is 2.01. The fraction of sp³-hybridized carbons (Fsp3) is 0.500. The second kappa shape index (κ2) is 8.44. The lowest BCUT2D eigenvalue weighted by Crippen LogP contribution is -2.21. The Bertz CT molecular complexity index is 336. The van der Waals surface area contributed by atoms with Gasteiger partial charge in [-0.05, 0) is 47.1 Å². The minimum absolute atomic E-state index is 0.273. The Labute approximate surface area is 109 Å². The summed E-state index contributed by atoms with van der Waals surface area (Å²) in [5.41, 5.74) is 0. The highest BCUT2D eigenvalue weighted by molar-refractivity contribution is 9.10. The van der Waals surface area contributed by atoms with Gasteiger partial charge in [0, 0.05) is 13.7 Å². The Morgan fingerprint density at radius 2 is 2.12 bits per heavy atom. The number of ether oxygens (including phenoxy) is 2. The molecular weight excluding hydrogens is 289 g/mol. The van der Waals surface area contributed by atoms with Crippen molar-refractivity contribution in [2.24, 2.45) is 0 Å². The summed E-state index contributed by atoms with van der Waals surface area (Å²) in [7, 11) is 1.68. The summed E-state index contributed by atoms with van der Waals surface area (Å²) in [6, 6.07) is 4.40. The van der Waals surface area contributed by atoms with E-state index in [0.29, 0.717) is 23.4 Å². The first-order valence-electron chi connectivity index (χ1n) is 5.51. The zero-order valence-electron chi connectivity index (χ0n) is 9.84. The molecule has 0 aliphatic carbocycles. The Kier molecular flexibility index (Phi) is 7.16. The molecule has 0 amide bonds. The van der Waals surface area contributed by atoms with Crippen molar-refractivity contribution in [3.8, 4) is 5.75 Å². The number of methoxy groups -OCH3 is 1. The van der Waals surface area contributed by atoms with Crippen LogP contribution in [0.2, 0.25) is 0 Å². The van der Waals surface area contributed by atoms with E-state index >= 15 is 0 Å². The number of nitrogens with one attached hydrogen (secondary N) is 1. The average Bonchev–Trinajstić information content (AvgIpc) is 2.30. The average molecular weight is 306 g/mol. The van der Waals surface area contributed by atoms with E-state index in [1.807, 2.05) is 0 Å². The van der Waals surface area contributed by atoms with Gasteiger partial charge in [-0.25, -0.2) is 4.39 Å². The number of benzene rings is 1. The van der Waals surface area contributed by atoms with E-state index in [9.17, 15) is 4.39 Å². The molecule has 0 atom stereocenters. The van der Waals surface area contributed by atoms with Crippen molar-refractivity contribution in [2.45, 2.75) is 6.42 Å². The Hall–Kier alpha value is -0.650. The lowest BCUT2D eigenvalue weighted by molar-refractivity contribution is 0.198. The molecule has 0 saturated heterocycles. The van der Waals surface area contributed by atoms with Crippen molar-refractivity contribution in [3.63, 3.8) is 0 Å². The van der Waals surface area contributed by atoms with Crippen molar-refractivity contribution >= 4 is 15.9 Å². The van der Waals surface area contributed by atoms with Crippen LogP contribution in [0.4, 0.5) is 4.39 Å². The molecule has 1 aromatic carbocycles. The molecule has 1 rings (SSSR count). The number of rotatable bonds is 8. The van der Waals surface area contributed by atoms with E-state index in [-0.39, 0.29) is 5.82 Å². The van der Waals surface area contributed by atoms with Gasteiger partial charge in [-0.3, -0.25) is 0 Å². The quantitative estimate of drug-likeness (QED) is 0.749. The van der Waals surface area contributed by atoms with Gasteiger partial charge < -0.3 is 14.8 Å². The topological polar surface area (TPSA) is 30.5 Å². The van der Waals surface area contributed by atoms with Crippen LogP contribution in [0.1, 0.15) is 6.42 Å². The Morgan fingerprint density at radius 3 is 2.82 bits per heavy atom.